The van der Waals surface area contributed by atoms with Gasteiger partial charge in [0.25, 0.3) is 5.69 Å². The van der Waals surface area contributed by atoms with Crippen LogP contribution < -0.4 is 5.32 Å². The van der Waals surface area contributed by atoms with Gasteiger partial charge in [-0.05, 0) is 31.0 Å². The summed E-state index contributed by atoms with van der Waals surface area (Å²) in [6.07, 6.45) is 1.85. The molecule has 17 heavy (non-hydrogen) atoms. The highest BCUT2D eigenvalue weighted by Gasteiger charge is 2.23. The van der Waals surface area contributed by atoms with Gasteiger partial charge in [0, 0.05) is 18.2 Å². The van der Waals surface area contributed by atoms with Crippen molar-refractivity contribution in [1.82, 2.24) is 5.32 Å². The molecule has 0 aromatic heterocycles. The van der Waals surface area contributed by atoms with Crippen molar-refractivity contribution < 1.29 is 14.8 Å². The first-order valence-electron chi connectivity index (χ1n) is 5.34. The maximum absolute atomic E-state index is 11.1. The highest BCUT2D eigenvalue weighted by molar-refractivity contribution is 5.90. The molecular weight excluding hydrogens is 224 g/mol. The predicted octanol–water partition coefficient (Wildman–Crippen LogP) is 1.72. The van der Waals surface area contributed by atoms with Crippen LogP contribution in [0.3, 0.4) is 0 Å². The van der Waals surface area contributed by atoms with E-state index in [-0.39, 0.29) is 17.3 Å². The molecular formula is C11H12N2O4. The lowest BCUT2D eigenvalue weighted by Crippen LogP contribution is -2.16. The fourth-order valence-corrected chi connectivity index (χ4v) is 2.10. The molecule has 2 rings (SSSR count). The lowest BCUT2D eigenvalue weighted by molar-refractivity contribution is -0.384. The number of nitrogens with one attached hydrogen (secondary N) is 1. The summed E-state index contributed by atoms with van der Waals surface area (Å²) in [5.74, 6) is -1.13. The zero-order valence-electron chi connectivity index (χ0n) is 9.05. The van der Waals surface area contributed by atoms with Gasteiger partial charge >= 0.3 is 5.97 Å². The van der Waals surface area contributed by atoms with Crippen LogP contribution in [-0.4, -0.2) is 22.5 Å². The topological polar surface area (TPSA) is 92.5 Å². The molecule has 1 heterocycles. The first-order valence-corrected chi connectivity index (χ1v) is 5.34. The van der Waals surface area contributed by atoms with E-state index in [2.05, 4.69) is 5.32 Å². The number of nitro groups is 1. The van der Waals surface area contributed by atoms with Gasteiger partial charge in [0.05, 0.1) is 10.5 Å². The van der Waals surface area contributed by atoms with Crippen LogP contribution in [0.25, 0.3) is 0 Å². The van der Waals surface area contributed by atoms with Gasteiger partial charge in [0.2, 0.25) is 0 Å². The van der Waals surface area contributed by atoms with Crippen molar-refractivity contribution in [2.75, 3.05) is 6.54 Å². The van der Waals surface area contributed by atoms with Gasteiger partial charge in [-0.1, -0.05) is 0 Å². The van der Waals surface area contributed by atoms with Crippen molar-refractivity contribution in [2.45, 2.75) is 18.9 Å². The number of carboxylic acid groups (broad SMARTS) is 1. The molecule has 0 radical (unpaired) electrons. The van der Waals surface area contributed by atoms with E-state index >= 15 is 0 Å². The van der Waals surface area contributed by atoms with Crippen molar-refractivity contribution in [3.05, 3.63) is 39.4 Å². The Kier molecular flexibility index (Phi) is 3.06. The van der Waals surface area contributed by atoms with Crippen LogP contribution in [0, 0.1) is 10.1 Å². The number of nitro benzene ring substituents is 1. The molecule has 1 aromatic rings. The third-order valence-corrected chi connectivity index (χ3v) is 2.91. The summed E-state index contributed by atoms with van der Waals surface area (Å²) in [5.41, 5.74) is 0.448. The molecule has 1 saturated heterocycles. The third kappa shape index (κ3) is 2.26. The standard InChI is InChI=1S/C11H12N2O4/c14-11(15)9-6-7(13(16)17)3-4-8(9)10-2-1-5-12-10/h3-4,6,10,12H,1-2,5H2,(H,14,15)/t10-/m1/s1. The first kappa shape index (κ1) is 11.5. The summed E-state index contributed by atoms with van der Waals surface area (Å²) in [6.45, 7) is 0.848. The van der Waals surface area contributed by atoms with Gasteiger partial charge in [-0.2, -0.15) is 0 Å². The molecule has 0 spiro atoms. The van der Waals surface area contributed by atoms with Gasteiger partial charge in [0.15, 0.2) is 0 Å². The lowest BCUT2D eigenvalue weighted by atomic mass is 9.98. The minimum atomic E-state index is -1.13. The predicted molar refractivity (Wildman–Crippen MR) is 60.0 cm³/mol. The molecule has 0 bridgehead atoms. The van der Waals surface area contributed by atoms with Gasteiger partial charge in [0.1, 0.15) is 0 Å². The van der Waals surface area contributed by atoms with Gasteiger partial charge in [-0.15, -0.1) is 0 Å². The zero-order valence-corrected chi connectivity index (χ0v) is 9.05. The third-order valence-electron chi connectivity index (χ3n) is 2.91. The fraction of sp³-hybridized carbons (Fsp3) is 0.364. The molecule has 6 heteroatoms. The fourth-order valence-electron chi connectivity index (χ4n) is 2.10. The Labute approximate surface area is 97.4 Å². The van der Waals surface area contributed by atoms with E-state index in [0.717, 1.165) is 25.5 Å². The summed E-state index contributed by atoms with van der Waals surface area (Å²) in [6, 6.07) is 3.99. The summed E-state index contributed by atoms with van der Waals surface area (Å²) in [4.78, 5) is 21.1. The second-order valence-electron chi connectivity index (χ2n) is 3.98. The van der Waals surface area contributed by atoms with Crippen LogP contribution in [0.1, 0.15) is 34.8 Å². The second kappa shape index (κ2) is 4.50. The Morgan fingerprint density at radius 2 is 2.29 bits per heavy atom. The smallest absolute Gasteiger partial charge is 0.336 e. The second-order valence-corrected chi connectivity index (χ2v) is 3.98. The number of benzene rings is 1. The highest BCUT2D eigenvalue weighted by atomic mass is 16.6. The molecule has 1 atom stereocenters. The molecule has 1 aromatic carbocycles. The highest BCUT2D eigenvalue weighted by Crippen LogP contribution is 2.28. The zero-order chi connectivity index (χ0) is 12.4. The molecule has 0 saturated carbocycles. The number of hydrogen-bond donors (Lipinski definition) is 2. The molecule has 2 N–H and O–H groups in total. The lowest BCUT2D eigenvalue weighted by Gasteiger charge is -2.13. The molecule has 0 amide bonds. The van der Waals surface area contributed by atoms with Crippen LogP contribution in [0.2, 0.25) is 0 Å². The van der Waals surface area contributed by atoms with Crippen molar-refractivity contribution in [1.29, 1.82) is 0 Å². The SMILES string of the molecule is O=C(O)c1cc([N+](=O)[O-])ccc1[C@H]1CCCN1. The van der Waals surface area contributed by atoms with Gasteiger partial charge < -0.3 is 10.4 Å². The first-order chi connectivity index (χ1) is 8.09. The van der Waals surface area contributed by atoms with Crippen molar-refractivity contribution in [3.8, 4) is 0 Å². The molecule has 90 valence electrons. The quantitative estimate of drug-likeness (QED) is 0.615. The van der Waals surface area contributed by atoms with Crippen LogP contribution in [0.5, 0.6) is 0 Å². The molecule has 0 unspecified atom stereocenters. The van der Waals surface area contributed by atoms with E-state index in [4.69, 9.17) is 5.11 Å². The van der Waals surface area contributed by atoms with Gasteiger partial charge in [-0.25, -0.2) is 4.79 Å². The molecule has 0 aliphatic carbocycles. The average molecular weight is 236 g/mol. The minimum Gasteiger partial charge on any atom is -0.478 e. The average Bonchev–Trinajstić information content (AvgIpc) is 2.81. The molecule has 6 nitrogen and oxygen atoms in total. The Balaban J connectivity index is 2.44. The summed E-state index contributed by atoms with van der Waals surface area (Å²) < 4.78 is 0. The molecule has 1 fully saturated rings. The van der Waals surface area contributed by atoms with Crippen molar-refractivity contribution in [3.63, 3.8) is 0 Å². The van der Waals surface area contributed by atoms with Crippen LogP contribution in [0.15, 0.2) is 18.2 Å². The van der Waals surface area contributed by atoms with Crippen molar-refractivity contribution >= 4 is 11.7 Å². The Bertz CT molecular complexity index is 467. The number of non-ortho nitro benzene ring substituents is 1. The molecule has 1 aliphatic rings. The normalized spacial score (nSPS) is 19.2. The number of hydrogen-bond acceptors (Lipinski definition) is 4. The summed E-state index contributed by atoms with van der Waals surface area (Å²) in [5, 5.41) is 22.9. The van der Waals surface area contributed by atoms with E-state index in [1.54, 1.807) is 0 Å². The van der Waals surface area contributed by atoms with Crippen LogP contribution in [0.4, 0.5) is 5.69 Å². The Morgan fingerprint density at radius 3 is 2.82 bits per heavy atom. The maximum atomic E-state index is 11.1. The number of carboxylic acids is 1. The van der Waals surface area contributed by atoms with Crippen molar-refractivity contribution in [2.24, 2.45) is 0 Å². The van der Waals surface area contributed by atoms with E-state index < -0.39 is 10.9 Å². The Morgan fingerprint density at radius 1 is 1.53 bits per heavy atom. The number of carbonyl (C=O) groups is 1. The Hall–Kier alpha value is -1.95. The van der Waals surface area contributed by atoms with E-state index in [1.165, 1.54) is 12.1 Å². The summed E-state index contributed by atoms with van der Waals surface area (Å²) in [7, 11) is 0. The number of nitrogens with zero attached hydrogens (tertiary/aromatic N) is 1. The van der Waals surface area contributed by atoms with Crippen LogP contribution in [-0.2, 0) is 0 Å². The van der Waals surface area contributed by atoms with E-state index in [0.29, 0.717) is 5.56 Å². The van der Waals surface area contributed by atoms with E-state index in [9.17, 15) is 14.9 Å². The van der Waals surface area contributed by atoms with Gasteiger partial charge in [-0.3, -0.25) is 10.1 Å². The number of aromatic carboxylic acids is 1. The van der Waals surface area contributed by atoms with E-state index in [1.807, 2.05) is 0 Å². The minimum absolute atomic E-state index is 0.0121. The summed E-state index contributed by atoms with van der Waals surface area (Å²) >= 11 is 0. The molecule has 1 aliphatic heterocycles. The maximum Gasteiger partial charge on any atom is 0.336 e. The monoisotopic (exact) mass is 236 g/mol. The largest absolute Gasteiger partial charge is 0.478 e. The number of rotatable bonds is 3. The van der Waals surface area contributed by atoms with Crippen LogP contribution >= 0.6 is 0 Å².